The van der Waals surface area contributed by atoms with Crippen LogP contribution in [0.4, 0.5) is 21.7 Å². The van der Waals surface area contributed by atoms with Crippen LogP contribution in [0.2, 0.25) is 0 Å². The van der Waals surface area contributed by atoms with Gasteiger partial charge in [-0.25, -0.2) is 28.8 Å². The fourth-order valence-corrected chi connectivity index (χ4v) is 5.00. The van der Waals surface area contributed by atoms with Crippen molar-refractivity contribution in [3.05, 3.63) is 79.3 Å². The third-order valence-corrected chi connectivity index (χ3v) is 7.20. The highest BCUT2D eigenvalue weighted by atomic mass is 19.1. The summed E-state index contributed by atoms with van der Waals surface area (Å²) in [6, 6.07) is 10.3. The summed E-state index contributed by atoms with van der Waals surface area (Å²) in [7, 11) is 0. The number of pyridine rings is 2. The highest BCUT2D eigenvalue weighted by molar-refractivity contribution is 5.89. The molecule has 0 radical (unpaired) electrons. The molecule has 4 aromatic heterocycles. The van der Waals surface area contributed by atoms with E-state index >= 15 is 4.39 Å². The maximum absolute atomic E-state index is 15.3. The van der Waals surface area contributed by atoms with Gasteiger partial charge in [0.15, 0.2) is 11.5 Å². The van der Waals surface area contributed by atoms with Crippen LogP contribution in [0.25, 0.3) is 16.7 Å². The summed E-state index contributed by atoms with van der Waals surface area (Å²) < 4.78 is 22.9. The minimum atomic E-state index is -0.508. The second-order valence-corrected chi connectivity index (χ2v) is 9.75. The van der Waals surface area contributed by atoms with E-state index in [-0.39, 0.29) is 17.6 Å². The topological polar surface area (TPSA) is 114 Å². The van der Waals surface area contributed by atoms with Crippen molar-refractivity contribution in [2.45, 2.75) is 26.3 Å². The number of hydrogen-bond acceptors (Lipinski definition) is 9. The van der Waals surface area contributed by atoms with Gasteiger partial charge in [0.25, 0.3) is 0 Å². The highest BCUT2D eigenvalue weighted by Crippen LogP contribution is 2.32. The largest absolute Gasteiger partial charge is 0.457 e. The van der Waals surface area contributed by atoms with E-state index in [0.717, 1.165) is 17.8 Å². The van der Waals surface area contributed by atoms with Crippen molar-refractivity contribution in [1.82, 2.24) is 34.4 Å². The molecule has 0 aliphatic carbocycles. The molecule has 1 amide bonds. The molecule has 6 rings (SSSR count). The molecular formula is C29H28FN9O2. The Hall–Kier alpha value is -5.13. The van der Waals surface area contributed by atoms with Crippen molar-refractivity contribution >= 4 is 39.9 Å². The van der Waals surface area contributed by atoms with Crippen LogP contribution in [0.3, 0.4) is 0 Å². The van der Waals surface area contributed by atoms with Crippen LogP contribution in [0.15, 0.2) is 67.9 Å². The molecule has 0 spiro atoms. The van der Waals surface area contributed by atoms with Gasteiger partial charge in [-0.2, -0.15) is 5.10 Å². The highest BCUT2D eigenvalue weighted by Gasteiger charge is 2.29. The Morgan fingerprint density at radius 2 is 2.05 bits per heavy atom. The van der Waals surface area contributed by atoms with Crippen LogP contribution in [-0.2, 0) is 4.79 Å². The minimum absolute atomic E-state index is 0.0486. The summed E-state index contributed by atoms with van der Waals surface area (Å²) in [6.07, 6.45) is 6.77. The van der Waals surface area contributed by atoms with Gasteiger partial charge in [0.05, 0.1) is 11.2 Å². The Balaban J connectivity index is 1.25. The van der Waals surface area contributed by atoms with Crippen molar-refractivity contribution < 1.29 is 13.9 Å². The summed E-state index contributed by atoms with van der Waals surface area (Å²) in [4.78, 5) is 34.0. The molecule has 1 aromatic carbocycles. The van der Waals surface area contributed by atoms with E-state index in [0.29, 0.717) is 53.6 Å². The number of aromatic nitrogens is 6. The number of anilines is 3. The van der Waals surface area contributed by atoms with E-state index in [9.17, 15) is 4.79 Å². The first kappa shape index (κ1) is 26.1. The molecule has 11 nitrogen and oxygen atoms in total. The molecule has 12 heteroatoms. The zero-order valence-electron chi connectivity index (χ0n) is 22.7. The maximum Gasteiger partial charge on any atom is 0.246 e. The van der Waals surface area contributed by atoms with Crippen molar-refractivity contribution in [1.29, 1.82) is 0 Å². The van der Waals surface area contributed by atoms with Crippen molar-refractivity contribution in [3.8, 4) is 11.5 Å². The molecule has 0 unspecified atom stereocenters. The lowest BCUT2D eigenvalue weighted by molar-refractivity contribution is -0.128. The molecule has 5 aromatic rings. The lowest BCUT2D eigenvalue weighted by atomic mass is 10.1. The predicted molar refractivity (Wildman–Crippen MR) is 153 cm³/mol. The second kappa shape index (κ2) is 10.8. The molecule has 1 aliphatic rings. The van der Waals surface area contributed by atoms with Gasteiger partial charge in [-0.1, -0.05) is 13.5 Å². The standard InChI is InChI=1S/C29H28FN9O2/c1-4-19-15-37(10-11-38(19)27(40)5-2)25-7-6-22-28(36-25)29(33-16-31-22)35-23-12-18(3)24(14-21(23)30)41-20-8-9-39-26(13-20)32-17-34-39/h5-9,12-14,16-17,19H,2,4,10-11,15H2,1,3H3,(H,31,33,35)/t19-/m0/s1. The number of rotatable bonds is 7. The Bertz CT molecular complexity index is 1770. The number of aryl methyl sites for hydroxylation is 1. The number of ether oxygens (including phenoxy) is 1. The van der Waals surface area contributed by atoms with Gasteiger partial charge in [0.1, 0.15) is 41.3 Å². The molecule has 0 saturated carbocycles. The van der Waals surface area contributed by atoms with Crippen LogP contribution in [0.5, 0.6) is 11.5 Å². The Kier molecular flexibility index (Phi) is 6.88. The molecule has 208 valence electrons. The first-order valence-corrected chi connectivity index (χ1v) is 13.3. The first-order chi connectivity index (χ1) is 19.9. The summed E-state index contributed by atoms with van der Waals surface area (Å²) in [5.41, 5.74) is 2.72. The van der Waals surface area contributed by atoms with Gasteiger partial charge < -0.3 is 19.9 Å². The fraction of sp³-hybridized carbons (Fsp3) is 0.241. The SMILES string of the molecule is C=CC(=O)N1CCN(c2ccc3ncnc(Nc4cc(C)c(Oc5ccn6ncnc6c5)cc4F)c3n2)C[C@@H]1CC. The first-order valence-electron chi connectivity index (χ1n) is 13.3. The van der Waals surface area contributed by atoms with E-state index in [1.165, 1.54) is 24.8 Å². The van der Waals surface area contributed by atoms with Crippen molar-refractivity contribution in [3.63, 3.8) is 0 Å². The van der Waals surface area contributed by atoms with Gasteiger partial charge >= 0.3 is 0 Å². The van der Waals surface area contributed by atoms with Crippen molar-refractivity contribution in [2.24, 2.45) is 0 Å². The average Bonchev–Trinajstić information content (AvgIpc) is 3.47. The fourth-order valence-electron chi connectivity index (χ4n) is 5.00. The number of nitrogens with zero attached hydrogens (tertiary/aromatic N) is 8. The quantitative estimate of drug-likeness (QED) is 0.287. The molecule has 1 atom stereocenters. The number of carbonyl (C=O) groups is 1. The van der Waals surface area contributed by atoms with Gasteiger partial charge in [-0.05, 0) is 49.2 Å². The van der Waals surface area contributed by atoms with E-state index in [1.54, 1.807) is 28.9 Å². The monoisotopic (exact) mass is 553 g/mol. The molecule has 0 bridgehead atoms. The number of carbonyl (C=O) groups excluding carboxylic acids is 1. The summed E-state index contributed by atoms with van der Waals surface area (Å²) in [5, 5.41) is 7.17. The third kappa shape index (κ3) is 5.11. The van der Waals surface area contributed by atoms with Crippen LogP contribution in [-0.4, -0.2) is 66.0 Å². The van der Waals surface area contributed by atoms with Gasteiger partial charge in [-0.15, -0.1) is 0 Å². The van der Waals surface area contributed by atoms with Crippen LogP contribution in [0, 0.1) is 12.7 Å². The third-order valence-electron chi connectivity index (χ3n) is 7.20. The lowest BCUT2D eigenvalue weighted by Crippen LogP contribution is -2.54. The molecule has 1 saturated heterocycles. The Morgan fingerprint density at radius 1 is 1.17 bits per heavy atom. The smallest absolute Gasteiger partial charge is 0.246 e. The number of hydrogen-bond donors (Lipinski definition) is 1. The second-order valence-electron chi connectivity index (χ2n) is 9.75. The molecule has 41 heavy (non-hydrogen) atoms. The number of halogens is 1. The molecule has 1 N–H and O–H groups in total. The van der Waals surface area contributed by atoms with Crippen LogP contribution in [0.1, 0.15) is 18.9 Å². The number of benzene rings is 1. The normalized spacial score (nSPS) is 15.3. The van der Waals surface area contributed by atoms with Crippen molar-refractivity contribution in [2.75, 3.05) is 29.9 Å². The number of fused-ring (bicyclic) bond motifs is 2. The number of nitrogens with one attached hydrogen (secondary N) is 1. The van der Waals surface area contributed by atoms with E-state index in [2.05, 4.69) is 43.8 Å². The Labute approximate surface area is 235 Å². The molecule has 5 heterocycles. The zero-order valence-corrected chi connectivity index (χ0v) is 22.7. The van der Waals surface area contributed by atoms with E-state index in [1.807, 2.05) is 24.0 Å². The molecule has 1 fully saturated rings. The minimum Gasteiger partial charge on any atom is -0.457 e. The van der Waals surface area contributed by atoms with E-state index < -0.39 is 5.82 Å². The van der Waals surface area contributed by atoms with Crippen LogP contribution < -0.4 is 15.0 Å². The summed E-state index contributed by atoms with van der Waals surface area (Å²) in [5.74, 6) is 1.45. The Morgan fingerprint density at radius 3 is 2.88 bits per heavy atom. The maximum atomic E-state index is 15.3. The summed E-state index contributed by atoms with van der Waals surface area (Å²) >= 11 is 0. The van der Waals surface area contributed by atoms with Crippen LogP contribution >= 0.6 is 0 Å². The molecule has 1 aliphatic heterocycles. The molecular weight excluding hydrogens is 525 g/mol. The average molecular weight is 554 g/mol. The lowest BCUT2D eigenvalue weighted by Gasteiger charge is -2.41. The number of amides is 1. The van der Waals surface area contributed by atoms with Gasteiger partial charge in [0, 0.05) is 44.0 Å². The predicted octanol–water partition coefficient (Wildman–Crippen LogP) is 4.66. The van der Waals surface area contributed by atoms with Gasteiger partial charge in [-0.3, -0.25) is 4.79 Å². The number of piperazine rings is 1. The summed E-state index contributed by atoms with van der Waals surface area (Å²) in [6.45, 7) is 9.37. The zero-order chi connectivity index (χ0) is 28.5. The van der Waals surface area contributed by atoms with Gasteiger partial charge in [0.2, 0.25) is 5.91 Å². The van der Waals surface area contributed by atoms with E-state index in [4.69, 9.17) is 9.72 Å².